The first kappa shape index (κ1) is 13.1. The van der Waals surface area contributed by atoms with Crippen LogP contribution in [-0.4, -0.2) is 48.5 Å². The number of anilines is 1. The molecule has 1 atom stereocenters. The number of nitrogens with one attached hydrogen (secondary N) is 1. The van der Waals surface area contributed by atoms with Crippen molar-refractivity contribution in [1.82, 2.24) is 14.5 Å². The summed E-state index contributed by atoms with van der Waals surface area (Å²) in [7, 11) is 0. The maximum Gasteiger partial charge on any atom is 0.338 e. The molecule has 2 aromatic heterocycles. The minimum Gasteiger partial charge on any atom is -0.478 e. The van der Waals surface area contributed by atoms with Gasteiger partial charge in [0.15, 0.2) is 0 Å². The summed E-state index contributed by atoms with van der Waals surface area (Å²) in [5, 5.41) is 27.1. The lowest BCUT2D eigenvalue weighted by molar-refractivity contribution is 0.0696. The van der Waals surface area contributed by atoms with Gasteiger partial charge in [-0.2, -0.15) is 4.98 Å². The number of carbonyl (C=O) groups is 1. The predicted molar refractivity (Wildman–Crippen MR) is 64.8 cm³/mol. The van der Waals surface area contributed by atoms with E-state index in [0.717, 1.165) is 0 Å². The average Bonchev–Trinajstić information content (AvgIpc) is 2.68. The van der Waals surface area contributed by atoms with Crippen molar-refractivity contribution in [2.45, 2.75) is 12.6 Å². The fourth-order valence-corrected chi connectivity index (χ4v) is 1.80. The zero-order chi connectivity index (χ0) is 14.2. The van der Waals surface area contributed by atoms with E-state index >= 15 is 0 Å². The number of carboxylic acid groups (broad SMARTS) is 1. The maximum absolute atomic E-state index is 11.7. The summed E-state index contributed by atoms with van der Waals surface area (Å²) in [6.07, 6.45) is 0.0765. The molecule has 0 spiro atoms. The van der Waals surface area contributed by atoms with E-state index < -0.39 is 24.2 Å². The number of aliphatic hydroxyl groups excluding tert-OH is 2. The van der Waals surface area contributed by atoms with Crippen LogP contribution in [0, 0.1) is 0 Å². The molecule has 19 heavy (non-hydrogen) atoms. The van der Waals surface area contributed by atoms with Gasteiger partial charge >= 0.3 is 5.97 Å². The molecule has 6 N–H and O–H groups in total. The molecule has 102 valence electrons. The molecule has 0 aliphatic heterocycles. The zero-order valence-corrected chi connectivity index (χ0v) is 9.70. The number of aromatic nitrogens is 3. The number of rotatable bonds is 4. The van der Waals surface area contributed by atoms with E-state index in [1.165, 1.54) is 10.8 Å². The van der Waals surface area contributed by atoms with E-state index in [1.807, 2.05) is 0 Å². The lowest BCUT2D eigenvalue weighted by Gasteiger charge is -2.08. The van der Waals surface area contributed by atoms with Crippen molar-refractivity contribution >= 4 is 23.0 Å². The van der Waals surface area contributed by atoms with Gasteiger partial charge in [0, 0.05) is 6.20 Å². The Labute approximate surface area is 105 Å². The third-order valence-electron chi connectivity index (χ3n) is 2.59. The minimum absolute atomic E-state index is 0.0474. The summed E-state index contributed by atoms with van der Waals surface area (Å²) in [4.78, 5) is 28.9. The SMILES string of the molecule is Nc1nc2c(c(C(=O)O)cn2CC(O)CO)c(=O)[nH]1. The number of nitrogens with two attached hydrogens (primary N) is 1. The van der Waals surface area contributed by atoms with Gasteiger partial charge in [-0.1, -0.05) is 0 Å². The number of aliphatic hydroxyl groups is 2. The summed E-state index contributed by atoms with van der Waals surface area (Å²) in [5.41, 5.74) is 4.54. The number of nitrogen functional groups attached to an aromatic ring is 1. The summed E-state index contributed by atoms with van der Waals surface area (Å²) >= 11 is 0. The Balaban J connectivity index is 2.71. The average molecular weight is 268 g/mol. The van der Waals surface area contributed by atoms with Crippen molar-refractivity contribution in [2.75, 3.05) is 12.3 Å². The highest BCUT2D eigenvalue weighted by molar-refractivity contribution is 6.02. The van der Waals surface area contributed by atoms with Crippen LogP contribution in [0.3, 0.4) is 0 Å². The topological polar surface area (TPSA) is 154 Å². The van der Waals surface area contributed by atoms with E-state index in [9.17, 15) is 14.7 Å². The predicted octanol–water partition coefficient (Wildman–Crippen LogP) is -1.64. The van der Waals surface area contributed by atoms with Crippen molar-refractivity contribution in [1.29, 1.82) is 0 Å². The van der Waals surface area contributed by atoms with E-state index in [0.29, 0.717) is 0 Å². The van der Waals surface area contributed by atoms with Crippen molar-refractivity contribution < 1.29 is 20.1 Å². The maximum atomic E-state index is 11.7. The monoisotopic (exact) mass is 268 g/mol. The molecule has 2 rings (SSSR count). The van der Waals surface area contributed by atoms with E-state index in [-0.39, 0.29) is 29.1 Å². The molecule has 0 amide bonds. The van der Waals surface area contributed by atoms with Gasteiger partial charge in [-0.05, 0) is 0 Å². The standard InChI is InChI=1S/C10H12N4O5/c11-10-12-7-6(8(17)13-10)5(9(18)19)2-14(7)1-4(16)3-15/h2,4,15-16H,1,3H2,(H,18,19)(H3,11,12,13,17). The molecule has 0 saturated carbocycles. The van der Waals surface area contributed by atoms with Gasteiger partial charge in [0.1, 0.15) is 5.65 Å². The first-order chi connectivity index (χ1) is 8.93. The van der Waals surface area contributed by atoms with Gasteiger partial charge in [-0.3, -0.25) is 9.78 Å². The Morgan fingerprint density at radius 2 is 2.26 bits per heavy atom. The van der Waals surface area contributed by atoms with Gasteiger partial charge in [0.25, 0.3) is 5.56 Å². The van der Waals surface area contributed by atoms with Crippen LogP contribution >= 0.6 is 0 Å². The Bertz CT molecular complexity index is 689. The molecule has 0 fully saturated rings. The van der Waals surface area contributed by atoms with Crippen LogP contribution in [0.2, 0.25) is 0 Å². The number of carboxylic acids is 1. The molecule has 1 unspecified atom stereocenters. The molecule has 0 aromatic carbocycles. The third-order valence-corrected chi connectivity index (χ3v) is 2.59. The number of hydrogen-bond donors (Lipinski definition) is 5. The quantitative estimate of drug-likeness (QED) is 0.445. The number of fused-ring (bicyclic) bond motifs is 1. The van der Waals surface area contributed by atoms with Crippen LogP contribution in [0.25, 0.3) is 11.0 Å². The largest absolute Gasteiger partial charge is 0.478 e. The van der Waals surface area contributed by atoms with Crippen molar-refractivity contribution in [2.24, 2.45) is 0 Å². The second-order valence-corrected chi connectivity index (χ2v) is 3.99. The fourth-order valence-electron chi connectivity index (χ4n) is 1.80. The normalized spacial score (nSPS) is 12.7. The van der Waals surface area contributed by atoms with Crippen molar-refractivity contribution in [3.63, 3.8) is 0 Å². The molecule has 2 heterocycles. The van der Waals surface area contributed by atoms with Gasteiger partial charge < -0.3 is 25.6 Å². The summed E-state index contributed by atoms with van der Waals surface area (Å²) in [5.74, 6) is -1.45. The van der Waals surface area contributed by atoms with Gasteiger partial charge in [0.05, 0.1) is 30.2 Å². The summed E-state index contributed by atoms with van der Waals surface area (Å²) < 4.78 is 1.27. The van der Waals surface area contributed by atoms with Crippen LogP contribution in [0.15, 0.2) is 11.0 Å². The van der Waals surface area contributed by atoms with Gasteiger partial charge in [-0.15, -0.1) is 0 Å². The van der Waals surface area contributed by atoms with Crippen LogP contribution in [0.1, 0.15) is 10.4 Å². The first-order valence-corrected chi connectivity index (χ1v) is 5.35. The molecular weight excluding hydrogens is 256 g/mol. The van der Waals surface area contributed by atoms with Crippen molar-refractivity contribution in [3.05, 3.63) is 22.1 Å². The molecule has 0 aliphatic carbocycles. The molecule has 0 aliphatic rings. The lowest BCUT2D eigenvalue weighted by Crippen LogP contribution is -2.20. The third kappa shape index (κ3) is 2.28. The number of nitrogens with zero attached hydrogens (tertiary/aromatic N) is 2. The minimum atomic E-state index is -1.29. The van der Waals surface area contributed by atoms with E-state index in [4.69, 9.17) is 15.9 Å². The number of hydrogen-bond acceptors (Lipinski definition) is 6. The molecule has 0 bridgehead atoms. The summed E-state index contributed by atoms with van der Waals surface area (Å²) in [6, 6.07) is 0. The Kier molecular flexibility index (Phi) is 3.23. The van der Waals surface area contributed by atoms with E-state index in [1.54, 1.807) is 0 Å². The highest BCUT2D eigenvalue weighted by atomic mass is 16.4. The van der Waals surface area contributed by atoms with E-state index in [2.05, 4.69) is 9.97 Å². The lowest BCUT2D eigenvalue weighted by atomic mass is 10.2. The Hall–Kier alpha value is -2.39. The molecule has 9 nitrogen and oxygen atoms in total. The highest BCUT2D eigenvalue weighted by Gasteiger charge is 2.20. The van der Waals surface area contributed by atoms with Crippen LogP contribution < -0.4 is 11.3 Å². The molecule has 0 radical (unpaired) electrons. The second-order valence-electron chi connectivity index (χ2n) is 3.99. The van der Waals surface area contributed by atoms with Crippen LogP contribution in [-0.2, 0) is 6.54 Å². The molecule has 9 heteroatoms. The second kappa shape index (κ2) is 4.71. The smallest absolute Gasteiger partial charge is 0.338 e. The molecule has 0 saturated heterocycles. The summed E-state index contributed by atoms with van der Waals surface area (Å²) in [6.45, 7) is -0.600. The fraction of sp³-hybridized carbons (Fsp3) is 0.300. The van der Waals surface area contributed by atoms with Gasteiger partial charge in [-0.25, -0.2) is 4.79 Å². The van der Waals surface area contributed by atoms with Crippen molar-refractivity contribution in [3.8, 4) is 0 Å². The van der Waals surface area contributed by atoms with Crippen LogP contribution in [0.4, 0.5) is 5.95 Å². The Morgan fingerprint density at radius 1 is 1.58 bits per heavy atom. The number of H-pyrrole nitrogens is 1. The first-order valence-electron chi connectivity index (χ1n) is 5.35. The highest BCUT2D eigenvalue weighted by Crippen LogP contribution is 2.17. The Morgan fingerprint density at radius 3 is 2.84 bits per heavy atom. The number of aromatic carboxylic acids is 1. The zero-order valence-electron chi connectivity index (χ0n) is 9.70. The number of aromatic amines is 1. The van der Waals surface area contributed by atoms with Crippen LogP contribution in [0.5, 0.6) is 0 Å². The molecule has 2 aromatic rings. The molecular formula is C10H12N4O5. The van der Waals surface area contributed by atoms with Gasteiger partial charge in [0.2, 0.25) is 5.95 Å².